The van der Waals surface area contributed by atoms with Gasteiger partial charge >= 0.3 is 6.01 Å². The van der Waals surface area contributed by atoms with Gasteiger partial charge in [-0.05, 0) is 24.6 Å². The Labute approximate surface area is 116 Å². The summed E-state index contributed by atoms with van der Waals surface area (Å²) >= 11 is 0. The van der Waals surface area contributed by atoms with Crippen molar-refractivity contribution in [2.24, 2.45) is 5.92 Å². The molecule has 0 amide bonds. The van der Waals surface area contributed by atoms with Gasteiger partial charge in [0.15, 0.2) is 0 Å². The Morgan fingerprint density at radius 1 is 1.30 bits per heavy atom. The number of oxazole rings is 1. The maximum Gasteiger partial charge on any atom is 0.324 e. The average Bonchev–Trinajstić information content (AvgIpc) is 3.04. The van der Waals surface area contributed by atoms with Gasteiger partial charge in [-0.2, -0.15) is 9.67 Å². The molecule has 0 aliphatic carbocycles. The lowest BCUT2D eigenvalue weighted by atomic mass is 10.2. The smallest absolute Gasteiger partial charge is 0.324 e. The number of fused-ring (bicyclic) bond motifs is 1. The molecule has 0 bridgehead atoms. The lowest BCUT2D eigenvalue weighted by Crippen LogP contribution is -2.19. The molecule has 0 saturated heterocycles. The number of hydrogen-bond acceptors (Lipinski definition) is 5. The van der Waals surface area contributed by atoms with Crippen LogP contribution in [-0.2, 0) is 6.54 Å². The summed E-state index contributed by atoms with van der Waals surface area (Å²) in [6.45, 7) is 5.98. The lowest BCUT2D eigenvalue weighted by Gasteiger charge is -2.04. The number of rotatable bonds is 5. The molecule has 0 atom stereocenters. The number of aromatic nitrogens is 4. The maximum atomic E-state index is 5.48. The highest BCUT2D eigenvalue weighted by atomic mass is 16.4. The highest BCUT2D eigenvalue weighted by molar-refractivity contribution is 5.75. The first-order valence-electron chi connectivity index (χ1n) is 6.70. The zero-order valence-electron chi connectivity index (χ0n) is 11.6. The summed E-state index contributed by atoms with van der Waals surface area (Å²) in [6.07, 6.45) is 1.65. The number of para-hydroxylation sites is 1. The second-order valence-corrected chi connectivity index (χ2v) is 5.14. The summed E-state index contributed by atoms with van der Waals surface area (Å²) in [7, 11) is 0. The van der Waals surface area contributed by atoms with Crippen LogP contribution in [0, 0.1) is 5.92 Å². The van der Waals surface area contributed by atoms with E-state index in [-0.39, 0.29) is 0 Å². The lowest BCUT2D eigenvalue weighted by molar-refractivity contribution is 0.507. The number of benzene rings is 1. The Morgan fingerprint density at radius 3 is 3.00 bits per heavy atom. The van der Waals surface area contributed by atoms with E-state index < -0.39 is 0 Å². The number of nitrogens with zero attached hydrogens (tertiary/aromatic N) is 4. The third-order valence-corrected chi connectivity index (χ3v) is 2.93. The van der Waals surface area contributed by atoms with E-state index in [1.54, 1.807) is 10.9 Å². The van der Waals surface area contributed by atoms with E-state index in [0.717, 1.165) is 23.3 Å². The van der Waals surface area contributed by atoms with Crippen molar-refractivity contribution >= 4 is 11.0 Å². The minimum atomic E-state index is 0.444. The van der Waals surface area contributed by atoms with Crippen molar-refractivity contribution in [3.05, 3.63) is 36.2 Å². The molecular formula is C14H17N5O. The van der Waals surface area contributed by atoms with Crippen LogP contribution in [0.4, 0.5) is 0 Å². The molecule has 2 heterocycles. The molecule has 104 valence electrons. The normalized spacial score (nSPS) is 11.6. The fraction of sp³-hybridized carbons (Fsp3) is 0.357. The molecule has 0 aliphatic rings. The molecule has 0 saturated carbocycles. The second-order valence-electron chi connectivity index (χ2n) is 5.14. The first-order chi connectivity index (χ1) is 9.74. The van der Waals surface area contributed by atoms with Gasteiger partial charge in [0.05, 0.1) is 11.2 Å². The van der Waals surface area contributed by atoms with Gasteiger partial charge < -0.3 is 9.73 Å². The monoisotopic (exact) mass is 271 g/mol. The molecule has 2 aromatic heterocycles. The van der Waals surface area contributed by atoms with E-state index in [4.69, 9.17) is 4.42 Å². The first kappa shape index (κ1) is 12.8. The van der Waals surface area contributed by atoms with Gasteiger partial charge in [0.25, 0.3) is 0 Å². The van der Waals surface area contributed by atoms with Gasteiger partial charge in [-0.25, -0.2) is 0 Å². The average molecular weight is 271 g/mol. The molecule has 0 spiro atoms. The summed E-state index contributed by atoms with van der Waals surface area (Å²) < 4.78 is 7.10. The largest absolute Gasteiger partial charge is 0.430 e. The Bertz CT molecular complexity index is 700. The summed E-state index contributed by atoms with van der Waals surface area (Å²) in [6, 6.07) is 8.16. The molecule has 1 aromatic carbocycles. The van der Waals surface area contributed by atoms with Crippen molar-refractivity contribution in [1.82, 2.24) is 25.3 Å². The van der Waals surface area contributed by atoms with Gasteiger partial charge in [-0.3, -0.25) is 0 Å². The van der Waals surface area contributed by atoms with E-state index in [0.29, 0.717) is 18.5 Å². The number of hydrogen-bond donors (Lipinski definition) is 1. The van der Waals surface area contributed by atoms with Gasteiger partial charge in [0.1, 0.15) is 11.8 Å². The second kappa shape index (κ2) is 5.42. The van der Waals surface area contributed by atoms with Crippen LogP contribution in [0.3, 0.4) is 0 Å². The predicted octanol–water partition coefficient (Wildman–Crippen LogP) is 2.15. The van der Waals surface area contributed by atoms with Crippen molar-refractivity contribution in [3.8, 4) is 6.01 Å². The fourth-order valence-electron chi connectivity index (χ4n) is 1.97. The minimum absolute atomic E-state index is 0.444. The van der Waals surface area contributed by atoms with Crippen LogP contribution >= 0.6 is 0 Å². The molecule has 6 nitrogen and oxygen atoms in total. The third kappa shape index (κ3) is 2.55. The van der Waals surface area contributed by atoms with Crippen LogP contribution in [0.2, 0.25) is 0 Å². The SMILES string of the molecule is CC(C)CNCc1coc(-n2nnc3ccccc32)n1. The van der Waals surface area contributed by atoms with Gasteiger partial charge in [0.2, 0.25) is 0 Å². The summed E-state index contributed by atoms with van der Waals surface area (Å²) in [5.41, 5.74) is 2.57. The molecule has 0 fully saturated rings. The molecular weight excluding hydrogens is 254 g/mol. The Morgan fingerprint density at radius 2 is 2.15 bits per heavy atom. The van der Waals surface area contributed by atoms with Crippen molar-refractivity contribution < 1.29 is 4.42 Å². The minimum Gasteiger partial charge on any atom is -0.430 e. The van der Waals surface area contributed by atoms with Crippen molar-refractivity contribution in [1.29, 1.82) is 0 Å². The number of nitrogens with one attached hydrogen (secondary N) is 1. The molecule has 6 heteroatoms. The maximum absolute atomic E-state index is 5.48. The van der Waals surface area contributed by atoms with E-state index in [1.807, 2.05) is 24.3 Å². The molecule has 0 radical (unpaired) electrons. The van der Waals surface area contributed by atoms with Gasteiger partial charge in [-0.1, -0.05) is 31.2 Å². The van der Waals surface area contributed by atoms with Crippen LogP contribution < -0.4 is 5.32 Å². The highest BCUT2D eigenvalue weighted by Gasteiger charge is 2.11. The van der Waals surface area contributed by atoms with Gasteiger partial charge in [0, 0.05) is 6.54 Å². The van der Waals surface area contributed by atoms with E-state index in [9.17, 15) is 0 Å². The molecule has 20 heavy (non-hydrogen) atoms. The molecule has 3 rings (SSSR count). The van der Waals surface area contributed by atoms with Crippen molar-refractivity contribution in [2.45, 2.75) is 20.4 Å². The quantitative estimate of drug-likeness (QED) is 0.770. The highest BCUT2D eigenvalue weighted by Crippen LogP contribution is 2.15. The zero-order chi connectivity index (χ0) is 13.9. The van der Waals surface area contributed by atoms with Crippen molar-refractivity contribution in [2.75, 3.05) is 6.54 Å². The third-order valence-electron chi connectivity index (χ3n) is 2.93. The van der Waals surface area contributed by atoms with E-state index in [1.165, 1.54) is 0 Å². The van der Waals surface area contributed by atoms with E-state index in [2.05, 4.69) is 34.5 Å². The standard InChI is InChI=1S/C14H17N5O/c1-10(2)7-15-8-11-9-20-14(16-11)19-13-6-4-3-5-12(13)17-18-19/h3-6,9-10,15H,7-8H2,1-2H3. The topological polar surface area (TPSA) is 68.8 Å². The van der Waals surface area contributed by atoms with Crippen molar-refractivity contribution in [3.63, 3.8) is 0 Å². The van der Waals surface area contributed by atoms with Crippen LogP contribution in [0.1, 0.15) is 19.5 Å². The summed E-state index contributed by atoms with van der Waals surface area (Å²) in [4.78, 5) is 4.43. The Hall–Kier alpha value is -2.21. The molecule has 3 aromatic rings. The van der Waals surface area contributed by atoms with Gasteiger partial charge in [-0.15, -0.1) is 5.10 Å². The Balaban J connectivity index is 1.79. The zero-order valence-corrected chi connectivity index (χ0v) is 11.6. The summed E-state index contributed by atoms with van der Waals surface area (Å²) in [5, 5.41) is 11.5. The van der Waals surface area contributed by atoms with Crippen LogP contribution in [0.25, 0.3) is 17.0 Å². The van der Waals surface area contributed by atoms with E-state index >= 15 is 0 Å². The predicted molar refractivity (Wildman–Crippen MR) is 75.5 cm³/mol. The van der Waals surface area contributed by atoms with Crippen LogP contribution in [0.5, 0.6) is 0 Å². The molecule has 1 N–H and O–H groups in total. The molecule has 0 unspecified atom stereocenters. The Kier molecular flexibility index (Phi) is 3.47. The van der Waals surface area contributed by atoms with Crippen LogP contribution in [0.15, 0.2) is 34.9 Å². The fourth-order valence-corrected chi connectivity index (χ4v) is 1.97. The summed E-state index contributed by atoms with van der Waals surface area (Å²) in [5.74, 6) is 0.612. The first-order valence-corrected chi connectivity index (χ1v) is 6.70. The molecule has 0 aliphatic heterocycles. The van der Waals surface area contributed by atoms with Crippen LogP contribution in [-0.4, -0.2) is 26.5 Å².